The van der Waals surface area contributed by atoms with Crippen molar-refractivity contribution in [1.82, 2.24) is 15.3 Å². The van der Waals surface area contributed by atoms with E-state index in [0.29, 0.717) is 50.2 Å². The molecule has 0 aromatic carbocycles. The Bertz CT molecular complexity index is 861. The molecule has 1 aromatic heterocycles. The molecule has 8 heteroatoms. The van der Waals surface area contributed by atoms with Gasteiger partial charge in [-0.3, -0.25) is 16.1 Å². The molecule has 1 aromatic rings. The normalized spacial score (nSPS) is 22.0. The van der Waals surface area contributed by atoms with E-state index in [1.807, 2.05) is 11.0 Å². The highest BCUT2D eigenvalue weighted by atomic mass is 16.5. The molecule has 1 aliphatic heterocycles. The van der Waals surface area contributed by atoms with Crippen LogP contribution in [0.3, 0.4) is 0 Å². The maximum absolute atomic E-state index is 12.6. The number of hydrogen-bond acceptors (Lipinski definition) is 7. The first kappa shape index (κ1) is 23.0. The quantitative estimate of drug-likeness (QED) is 0.327. The van der Waals surface area contributed by atoms with E-state index in [9.17, 15) is 10.1 Å². The fourth-order valence-electron chi connectivity index (χ4n) is 4.69. The summed E-state index contributed by atoms with van der Waals surface area (Å²) in [7, 11) is 0. The van der Waals surface area contributed by atoms with Crippen molar-refractivity contribution in [2.24, 2.45) is 11.8 Å². The zero-order valence-corrected chi connectivity index (χ0v) is 19.3. The van der Waals surface area contributed by atoms with E-state index >= 15 is 0 Å². The number of nitriles is 1. The summed E-state index contributed by atoms with van der Waals surface area (Å²) in [5, 5.41) is 9.98. The zero-order valence-electron chi connectivity index (χ0n) is 19.3. The molecule has 2 saturated carbocycles. The van der Waals surface area contributed by atoms with E-state index < -0.39 is 0 Å². The number of hydrogen-bond donors (Lipinski definition) is 2. The maximum atomic E-state index is 12.6. The van der Waals surface area contributed by atoms with Gasteiger partial charge in [0.25, 0.3) is 0 Å². The summed E-state index contributed by atoms with van der Waals surface area (Å²) in [6.07, 6.45) is 6.12. The number of rotatable bonds is 10. The van der Waals surface area contributed by atoms with Crippen LogP contribution < -0.4 is 16.2 Å². The van der Waals surface area contributed by atoms with Gasteiger partial charge in [-0.05, 0) is 45.1 Å². The van der Waals surface area contributed by atoms with Crippen LogP contribution in [0.15, 0.2) is 6.07 Å². The standard InChI is InChI=1S/C24H36N6O2/c1-3-4-21(32-12-9-27-26)20-13-19(14-25)23(28-22(20)17-5-6-17)29-10-11-30(16(2)15-29)24(31)18-7-8-18/h13,16-18,21,27H,3-12,15,26H2,1-2H3. The first-order valence-electron chi connectivity index (χ1n) is 12.1. The van der Waals surface area contributed by atoms with Gasteiger partial charge in [0.1, 0.15) is 11.9 Å². The molecule has 2 heterocycles. The minimum Gasteiger partial charge on any atom is -0.372 e. The number of piperazine rings is 1. The van der Waals surface area contributed by atoms with Crippen molar-refractivity contribution < 1.29 is 9.53 Å². The molecule has 0 spiro atoms. The molecule has 32 heavy (non-hydrogen) atoms. The number of pyridine rings is 1. The Hall–Kier alpha value is -2.21. The number of carbonyl (C=O) groups is 1. The van der Waals surface area contributed by atoms with Crippen molar-refractivity contribution in [1.29, 1.82) is 5.26 Å². The van der Waals surface area contributed by atoms with Crippen molar-refractivity contribution in [3.63, 3.8) is 0 Å². The molecule has 4 rings (SSSR count). The lowest BCUT2D eigenvalue weighted by atomic mass is 9.98. The van der Waals surface area contributed by atoms with Crippen LogP contribution >= 0.6 is 0 Å². The average Bonchev–Trinajstić information content (AvgIpc) is 3.70. The number of aromatic nitrogens is 1. The fraction of sp³-hybridized carbons (Fsp3) is 0.708. The number of carbonyl (C=O) groups excluding carboxylic acids is 1. The number of nitrogens with two attached hydrogens (primary N) is 1. The number of ether oxygens (including phenoxy) is 1. The molecular formula is C24H36N6O2. The third kappa shape index (κ3) is 5.06. The Labute approximate surface area is 191 Å². The molecule has 0 radical (unpaired) electrons. The van der Waals surface area contributed by atoms with Gasteiger partial charge in [0, 0.05) is 49.6 Å². The first-order chi connectivity index (χ1) is 15.6. The van der Waals surface area contributed by atoms with Gasteiger partial charge in [0.05, 0.1) is 24.0 Å². The predicted molar refractivity (Wildman–Crippen MR) is 123 cm³/mol. The van der Waals surface area contributed by atoms with E-state index in [1.165, 1.54) is 0 Å². The minimum atomic E-state index is -0.0791. The Balaban J connectivity index is 1.58. The topological polar surface area (TPSA) is 108 Å². The highest BCUT2D eigenvalue weighted by Gasteiger charge is 2.38. The van der Waals surface area contributed by atoms with E-state index in [2.05, 4.69) is 30.2 Å². The van der Waals surface area contributed by atoms with Gasteiger partial charge in [-0.25, -0.2) is 4.98 Å². The van der Waals surface area contributed by atoms with Crippen molar-refractivity contribution in [2.45, 2.75) is 70.4 Å². The molecule has 2 unspecified atom stereocenters. The molecule has 2 atom stereocenters. The highest BCUT2D eigenvalue weighted by Crippen LogP contribution is 2.45. The van der Waals surface area contributed by atoms with Crippen LogP contribution in [-0.2, 0) is 9.53 Å². The molecule has 8 nitrogen and oxygen atoms in total. The molecule has 3 aliphatic rings. The van der Waals surface area contributed by atoms with Gasteiger partial charge in [-0.15, -0.1) is 0 Å². The third-order valence-electron chi connectivity index (χ3n) is 6.75. The van der Waals surface area contributed by atoms with Crippen LogP contribution in [0.5, 0.6) is 0 Å². The molecule has 1 saturated heterocycles. The summed E-state index contributed by atoms with van der Waals surface area (Å²) in [6.45, 7) is 7.46. The maximum Gasteiger partial charge on any atom is 0.226 e. The molecule has 1 amide bonds. The first-order valence-corrected chi connectivity index (χ1v) is 12.1. The second-order valence-corrected chi connectivity index (χ2v) is 9.42. The number of nitrogens with one attached hydrogen (secondary N) is 1. The summed E-state index contributed by atoms with van der Waals surface area (Å²) in [6, 6.07) is 4.52. The van der Waals surface area contributed by atoms with E-state index in [4.69, 9.17) is 15.6 Å². The smallest absolute Gasteiger partial charge is 0.226 e. The Kier molecular flexibility index (Phi) is 7.29. The summed E-state index contributed by atoms with van der Waals surface area (Å²) in [4.78, 5) is 21.9. The monoisotopic (exact) mass is 440 g/mol. The molecule has 3 N–H and O–H groups in total. The second kappa shape index (κ2) is 10.2. The van der Waals surface area contributed by atoms with Gasteiger partial charge in [-0.1, -0.05) is 13.3 Å². The number of amides is 1. The lowest BCUT2D eigenvalue weighted by Gasteiger charge is -2.41. The largest absolute Gasteiger partial charge is 0.372 e. The molecule has 3 fully saturated rings. The van der Waals surface area contributed by atoms with Gasteiger partial charge in [0.15, 0.2) is 0 Å². The van der Waals surface area contributed by atoms with Crippen LogP contribution in [0.1, 0.15) is 81.2 Å². The number of anilines is 1. The molecular weight excluding hydrogens is 404 g/mol. The zero-order chi connectivity index (χ0) is 22.7. The Morgan fingerprint density at radius 3 is 2.75 bits per heavy atom. The minimum absolute atomic E-state index is 0.0791. The summed E-state index contributed by atoms with van der Waals surface area (Å²) in [5.41, 5.74) is 5.38. The SMILES string of the molecule is CCCC(OCCNN)c1cc(C#N)c(N2CCN(C(=O)C3CC3)C(C)C2)nc1C1CC1. The van der Waals surface area contributed by atoms with E-state index in [0.717, 1.165) is 55.6 Å². The lowest BCUT2D eigenvalue weighted by Crippen LogP contribution is -2.55. The van der Waals surface area contributed by atoms with Crippen LogP contribution in [-0.4, -0.2) is 54.6 Å². The number of nitrogens with zero attached hydrogens (tertiary/aromatic N) is 4. The van der Waals surface area contributed by atoms with E-state index in [-0.39, 0.29) is 18.1 Å². The van der Waals surface area contributed by atoms with Crippen LogP contribution in [0, 0.1) is 17.2 Å². The van der Waals surface area contributed by atoms with Crippen LogP contribution in [0.4, 0.5) is 5.82 Å². The Morgan fingerprint density at radius 2 is 2.16 bits per heavy atom. The van der Waals surface area contributed by atoms with Crippen molar-refractivity contribution in [3.8, 4) is 6.07 Å². The summed E-state index contributed by atoms with van der Waals surface area (Å²) >= 11 is 0. The van der Waals surface area contributed by atoms with Crippen LogP contribution in [0.25, 0.3) is 0 Å². The number of hydrazine groups is 1. The molecule has 174 valence electrons. The lowest BCUT2D eigenvalue weighted by molar-refractivity contribution is -0.134. The predicted octanol–water partition coefficient (Wildman–Crippen LogP) is 2.60. The average molecular weight is 441 g/mol. The van der Waals surface area contributed by atoms with Crippen molar-refractivity contribution in [2.75, 3.05) is 37.7 Å². The third-order valence-corrected chi connectivity index (χ3v) is 6.75. The van der Waals surface area contributed by atoms with Gasteiger partial charge in [-0.2, -0.15) is 5.26 Å². The van der Waals surface area contributed by atoms with Crippen LogP contribution in [0.2, 0.25) is 0 Å². The van der Waals surface area contributed by atoms with Crippen molar-refractivity contribution in [3.05, 3.63) is 22.9 Å². The fourth-order valence-corrected chi connectivity index (χ4v) is 4.69. The summed E-state index contributed by atoms with van der Waals surface area (Å²) in [5.74, 6) is 7.16. The van der Waals surface area contributed by atoms with Gasteiger partial charge < -0.3 is 14.5 Å². The van der Waals surface area contributed by atoms with E-state index in [1.54, 1.807) is 0 Å². The van der Waals surface area contributed by atoms with Crippen molar-refractivity contribution >= 4 is 11.7 Å². The molecule has 0 bridgehead atoms. The van der Waals surface area contributed by atoms with Gasteiger partial charge >= 0.3 is 0 Å². The summed E-state index contributed by atoms with van der Waals surface area (Å²) < 4.78 is 6.15. The van der Waals surface area contributed by atoms with Gasteiger partial charge in [0.2, 0.25) is 5.91 Å². The Morgan fingerprint density at radius 1 is 1.38 bits per heavy atom. The second-order valence-electron chi connectivity index (χ2n) is 9.42. The molecule has 2 aliphatic carbocycles. The highest BCUT2D eigenvalue weighted by molar-refractivity contribution is 5.81.